The van der Waals surface area contributed by atoms with Crippen LogP contribution in [-0.4, -0.2) is 0 Å². The van der Waals surface area contributed by atoms with Crippen LogP contribution < -0.4 is 0 Å². The molecule has 0 saturated heterocycles. The van der Waals surface area contributed by atoms with Crippen LogP contribution in [0.3, 0.4) is 0 Å². The van der Waals surface area contributed by atoms with Crippen molar-refractivity contribution in [2.75, 3.05) is 0 Å². The van der Waals surface area contributed by atoms with E-state index < -0.39 is 0 Å². The Kier molecular flexibility index (Phi) is 6.64. The molecule has 0 aliphatic heterocycles. The van der Waals surface area contributed by atoms with Gasteiger partial charge in [0.25, 0.3) is 0 Å². The fourth-order valence-corrected chi connectivity index (χ4v) is 0.832. The third-order valence-electron chi connectivity index (χ3n) is 1.43. The fraction of sp³-hybridized carbons (Fsp3) is 0.182. The van der Waals surface area contributed by atoms with E-state index in [0.717, 1.165) is 12.8 Å². The van der Waals surface area contributed by atoms with E-state index in [1.807, 2.05) is 24.3 Å². The van der Waals surface area contributed by atoms with Gasteiger partial charge >= 0.3 is 17.1 Å². The van der Waals surface area contributed by atoms with Crippen molar-refractivity contribution in [3.8, 4) is 0 Å². The molecule has 0 saturated carbocycles. The Bertz CT molecular complexity index is 209. The molecular weight excluding hydrogens is 188 g/mol. The van der Waals surface area contributed by atoms with Crippen molar-refractivity contribution in [3.05, 3.63) is 55.0 Å². The molecule has 2 aliphatic rings. The quantitative estimate of drug-likeness (QED) is 0.416. The van der Waals surface area contributed by atoms with Crippen LogP contribution in [0.4, 0.5) is 0 Å². The SMILES string of the molecule is [C-]1=CC=CC1.[CH2-]C1=CC=CC1.[Fe+2]. The minimum absolute atomic E-state index is 0. The summed E-state index contributed by atoms with van der Waals surface area (Å²) in [5.74, 6) is 0. The van der Waals surface area contributed by atoms with Crippen molar-refractivity contribution in [2.45, 2.75) is 12.8 Å². The first-order valence-electron chi connectivity index (χ1n) is 3.79. The summed E-state index contributed by atoms with van der Waals surface area (Å²) in [5, 5.41) is 0. The third-order valence-corrected chi connectivity index (χ3v) is 1.43. The molecule has 0 aromatic rings. The molecule has 0 spiro atoms. The van der Waals surface area contributed by atoms with Crippen molar-refractivity contribution in [3.63, 3.8) is 0 Å². The first-order valence-corrected chi connectivity index (χ1v) is 3.79. The van der Waals surface area contributed by atoms with E-state index in [4.69, 9.17) is 0 Å². The van der Waals surface area contributed by atoms with Gasteiger partial charge in [-0.1, -0.05) is 0 Å². The molecule has 0 aromatic carbocycles. The first-order chi connectivity index (χ1) is 5.39. The van der Waals surface area contributed by atoms with Gasteiger partial charge in [0.05, 0.1) is 0 Å². The predicted octanol–water partition coefficient (Wildman–Crippen LogP) is 3.01. The van der Waals surface area contributed by atoms with Crippen LogP contribution in [0.15, 0.2) is 42.0 Å². The standard InChI is InChI=1S/C6H7.C5H5.Fe/c1-6-4-2-3-5-6;1-2-4-5-3-1;/h2-4H,1,5H2;1-3H,4H2;/q2*-1;+2. The van der Waals surface area contributed by atoms with Crippen molar-refractivity contribution in [2.24, 2.45) is 0 Å². The Morgan fingerprint density at radius 1 is 1.25 bits per heavy atom. The van der Waals surface area contributed by atoms with E-state index in [9.17, 15) is 0 Å². The molecule has 2 rings (SSSR count). The van der Waals surface area contributed by atoms with Crippen LogP contribution in [0, 0.1) is 13.0 Å². The number of rotatable bonds is 0. The van der Waals surface area contributed by atoms with Gasteiger partial charge in [-0.05, 0) is 6.42 Å². The Morgan fingerprint density at radius 2 is 2.08 bits per heavy atom. The maximum absolute atomic E-state index is 3.74. The fourth-order valence-electron chi connectivity index (χ4n) is 0.832. The van der Waals surface area contributed by atoms with Crippen LogP contribution in [0.25, 0.3) is 0 Å². The minimum Gasteiger partial charge on any atom is -0.273 e. The zero-order valence-corrected chi connectivity index (χ0v) is 8.04. The first kappa shape index (κ1) is 11.3. The van der Waals surface area contributed by atoms with Gasteiger partial charge in [0.1, 0.15) is 0 Å². The van der Waals surface area contributed by atoms with Crippen LogP contribution >= 0.6 is 0 Å². The van der Waals surface area contributed by atoms with Crippen LogP contribution in [0.2, 0.25) is 0 Å². The second kappa shape index (κ2) is 7.02. The summed E-state index contributed by atoms with van der Waals surface area (Å²) in [6.45, 7) is 3.74. The van der Waals surface area contributed by atoms with E-state index in [0.29, 0.717) is 0 Å². The molecule has 0 nitrogen and oxygen atoms in total. The van der Waals surface area contributed by atoms with Gasteiger partial charge < -0.3 is 0 Å². The molecule has 2 aliphatic carbocycles. The van der Waals surface area contributed by atoms with Gasteiger partial charge in [0, 0.05) is 0 Å². The van der Waals surface area contributed by atoms with Gasteiger partial charge in [-0.15, -0.1) is 18.6 Å². The molecule has 0 bridgehead atoms. The number of hydrogen-bond acceptors (Lipinski definition) is 0. The van der Waals surface area contributed by atoms with E-state index in [1.54, 1.807) is 0 Å². The number of hydrogen-bond donors (Lipinski definition) is 0. The van der Waals surface area contributed by atoms with Crippen molar-refractivity contribution in [1.29, 1.82) is 0 Å². The molecule has 0 aromatic heterocycles. The zero-order chi connectivity index (χ0) is 7.94. The largest absolute Gasteiger partial charge is 2.00 e. The second-order valence-electron chi connectivity index (χ2n) is 2.46. The summed E-state index contributed by atoms with van der Waals surface area (Å²) in [6.07, 6.45) is 17.2. The molecule has 0 unspecified atom stereocenters. The summed E-state index contributed by atoms with van der Waals surface area (Å²) in [6, 6.07) is 0. The summed E-state index contributed by atoms with van der Waals surface area (Å²) in [4.78, 5) is 0. The Morgan fingerprint density at radius 3 is 2.25 bits per heavy atom. The van der Waals surface area contributed by atoms with Gasteiger partial charge in [-0.3, -0.25) is 6.08 Å². The molecule has 64 valence electrons. The maximum atomic E-state index is 3.74. The molecule has 0 heterocycles. The number of allylic oxidation sites excluding steroid dienone is 8. The predicted molar refractivity (Wildman–Crippen MR) is 48.8 cm³/mol. The maximum Gasteiger partial charge on any atom is 2.00 e. The average molecular weight is 200 g/mol. The second-order valence-corrected chi connectivity index (χ2v) is 2.46. The molecule has 0 amide bonds. The Balaban J connectivity index is 0.000000189. The third kappa shape index (κ3) is 5.06. The molecule has 0 atom stereocenters. The van der Waals surface area contributed by atoms with Gasteiger partial charge in [-0.2, -0.15) is 6.08 Å². The molecule has 0 radical (unpaired) electrons. The Hall–Kier alpha value is -0.651. The summed E-state index contributed by atoms with van der Waals surface area (Å²) in [5.41, 5.74) is 1.22. The van der Waals surface area contributed by atoms with Crippen molar-refractivity contribution in [1.82, 2.24) is 0 Å². The van der Waals surface area contributed by atoms with Crippen LogP contribution in [-0.2, 0) is 17.1 Å². The zero-order valence-electron chi connectivity index (χ0n) is 6.94. The minimum atomic E-state index is 0. The van der Waals surface area contributed by atoms with Crippen molar-refractivity contribution >= 4 is 0 Å². The molecule has 0 fully saturated rings. The van der Waals surface area contributed by atoms with E-state index >= 15 is 0 Å². The van der Waals surface area contributed by atoms with Crippen molar-refractivity contribution < 1.29 is 17.1 Å². The van der Waals surface area contributed by atoms with E-state index in [2.05, 4.69) is 25.2 Å². The van der Waals surface area contributed by atoms with Gasteiger partial charge in [0.15, 0.2) is 0 Å². The van der Waals surface area contributed by atoms with Crippen LogP contribution in [0.5, 0.6) is 0 Å². The van der Waals surface area contributed by atoms with Crippen LogP contribution in [0.1, 0.15) is 12.8 Å². The van der Waals surface area contributed by atoms with Gasteiger partial charge in [-0.25, -0.2) is 30.7 Å². The average Bonchev–Trinajstić information content (AvgIpc) is 2.57. The smallest absolute Gasteiger partial charge is 0.273 e. The van der Waals surface area contributed by atoms with E-state index in [1.165, 1.54) is 5.57 Å². The normalized spacial score (nSPS) is 16.5. The summed E-state index contributed by atoms with van der Waals surface area (Å²) >= 11 is 0. The summed E-state index contributed by atoms with van der Waals surface area (Å²) in [7, 11) is 0. The Labute approximate surface area is 85.2 Å². The van der Waals surface area contributed by atoms with Gasteiger partial charge in [0.2, 0.25) is 0 Å². The summed E-state index contributed by atoms with van der Waals surface area (Å²) < 4.78 is 0. The molecule has 1 heteroatoms. The molecule has 0 N–H and O–H groups in total. The topological polar surface area (TPSA) is 0 Å². The van der Waals surface area contributed by atoms with E-state index in [-0.39, 0.29) is 17.1 Å². The molecular formula is C11H12Fe. The molecule has 12 heavy (non-hydrogen) atoms. The monoisotopic (exact) mass is 200 g/mol.